The van der Waals surface area contributed by atoms with E-state index in [-0.39, 0.29) is 36.1 Å². The first-order chi connectivity index (χ1) is 19.8. The molecule has 1 heterocycles. The lowest BCUT2D eigenvalue weighted by molar-refractivity contribution is -0.136. The highest BCUT2D eigenvalue weighted by molar-refractivity contribution is 7.91. The molecule has 210 valence electrons. The first kappa shape index (κ1) is 28.6. The molecule has 0 atom stereocenters. The van der Waals surface area contributed by atoms with Gasteiger partial charge in [-0.05, 0) is 65.4 Å². The molecule has 0 spiro atoms. The number of sulfone groups is 1. The minimum Gasteiger partial charge on any atom is -0.481 e. The third-order valence-corrected chi connectivity index (χ3v) is 9.32. The van der Waals surface area contributed by atoms with Crippen LogP contribution in [0.25, 0.3) is 10.9 Å². The summed E-state index contributed by atoms with van der Waals surface area (Å²) >= 11 is 6.43. The highest BCUT2D eigenvalue weighted by atomic mass is 35.5. The summed E-state index contributed by atoms with van der Waals surface area (Å²) < 4.78 is 28.9. The number of aliphatic hydroxyl groups is 1. The van der Waals surface area contributed by atoms with Crippen LogP contribution in [0.15, 0.2) is 108 Å². The van der Waals surface area contributed by atoms with Gasteiger partial charge in [0, 0.05) is 28.0 Å². The quantitative estimate of drug-likeness (QED) is 0.185. The van der Waals surface area contributed by atoms with Crippen LogP contribution in [0.3, 0.4) is 0 Å². The zero-order valence-corrected chi connectivity index (χ0v) is 23.9. The average Bonchev–Trinajstić information content (AvgIpc) is 3.28. The van der Waals surface area contributed by atoms with Crippen molar-refractivity contribution in [3.8, 4) is 0 Å². The topological polar surface area (TPSA) is 96.6 Å². The van der Waals surface area contributed by atoms with Crippen molar-refractivity contribution < 1.29 is 23.4 Å². The maximum Gasteiger partial charge on any atom is 0.303 e. The van der Waals surface area contributed by atoms with Gasteiger partial charge in [-0.2, -0.15) is 0 Å². The smallest absolute Gasteiger partial charge is 0.303 e. The molecule has 0 aliphatic heterocycles. The number of aromatic nitrogens is 1. The third kappa shape index (κ3) is 6.22. The van der Waals surface area contributed by atoms with Gasteiger partial charge in [0.2, 0.25) is 0 Å². The Morgan fingerprint density at radius 2 is 1.44 bits per heavy atom. The molecule has 2 N–H and O–H groups in total. The number of nitrogens with zero attached hydrogens (tertiary/aromatic N) is 1. The van der Waals surface area contributed by atoms with Crippen LogP contribution in [-0.2, 0) is 34.1 Å². The van der Waals surface area contributed by atoms with E-state index in [0.29, 0.717) is 17.1 Å². The number of aliphatic hydroxyl groups excluding tert-OH is 1. The minimum atomic E-state index is -3.67. The predicted octanol–water partition coefficient (Wildman–Crippen LogP) is 6.46. The molecule has 0 unspecified atom stereocenters. The standard InChI is InChI=1S/C33H30ClNO5S/c34-26-14-17-30-29(21-26)28(19-20-41(39,40)27-15-11-23(12-16-27)13-18-32(37)38)31(22-36)35(30)33(24-7-3-1-4-8-24)25-9-5-2-6-10-25/h1-12,14-17,21,33,36H,13,18-20,22H2,(H,37,38). The van der Waals surface area contributed by atoms with Gasteiger partial charge in [-0.1, -0.05) is 84.4 Å². The fraction of sp³-hybridized carbons (Fsp3) is 0.182. The zero-order chi connectivity index (χ0) is 29.0. The van der Waals surface area contributed by atoms with Crippen LogP contribution in [0.5, 0.6) is 0 Å². The van der Waals surface area contributed by atoms with Gasteiger partial charge in [-0.3, -0.25) is 4.79 Å². The molecule has 8 heteroatoms. The molecule has 0 saturated carbocycles. The SMILES string of the molecule is O=C(O)CCc1ccc(S(=O)(=O)CCc2c(CO)n(C(c3ccccc3)c3ccccc3)c3ccc(Cl)cc23)cc1. The van der Waals surface area contributed by atoms with Gasteiger partial charge in [0.05, 0.1) is 23.3 Å². The van der Waals surface area contributed by atoms with Crippen molar-refractivity contribution in [3.05, 3.63) is 136 Å². The molecule has 0 aliphatic carbocycles. The van der Waals surface area contributed by atoms with Gasteiger partial charge in [0.1, 0.15) is 0 Å². The Morgan fingerprint density at radius 3 is 2.00 bits per heavy atom. The highest BCUT2D eigenvalue weighted by Gasteiger charge is 2.26. The first-order valence-corrected chi connectivity index (χ1v) is 15.4. The van der Waals surface area contributed by atoms with Crippen LogP contribution in [0.4, 0.5) is 0 Å². The molecular formula is C33H30ClNO5S. The first-order valence-electron chi connectivity index (χ1n) is 13.3. The molecule has 0 radical (unpaired) electrons. The Labute approximate surface area is 244 Å². The number of carbonyl (C=O) groups is 1. The van der Waals surface area contributed by atoms with Crippen molar-refractivity contribution in [2.75, 3.05) is 5.75 Å². The van der Waals surface area contributed by atoms with Crippen molar-refractivity contribution in [3.63, 3.8) is 0 Å². The summed E-state index contributed by atoms with van der Waals surface area (Å²) in [7, 11) is -3.67. The van der Waals surface area contributed by atoms with Gasteiger partial charge >= 0.3 is 5.97 Å². The van der Waals surface area contributed by atoms with E-state index in [0.717, 1.165) is 33.2 Å². The number of hydrogen-bond donors (Lipinski definition) is 2. The second-order valence-corrected chi connectivity index (χ2v) is 12.5. The molecule has 0 aliphatic rings. The van der Waals surface area contributed by atoms with E-state index < -0.39 is 15.8 Å². The van der Waals surface area contributed by atoms with Crippen molar-refractivity contribution in [1.82, 2.24) is 4.57 Å². The summed E-state index contributed by atoms with van der Waals surface area (Å²) in [4.78, 5) is 11.0. The fourth-order valence-electron chi connectivity index (χ4n) is 5.38. The summed E-state index contributed by atoms with van der Waals surface area (Å²) in [5, 5.41) is 21.0. The Morgan fingerprint density at radius 1 is 0.829 bits per heavy atom. The Hall–Kier alpha value is -3.91. The number of aryl methyl sites for hydroxylation is 2. The van der Waals surface area contributed by atoms with Gasteiger partial charge in [-0.15, -0.1) is 0 Å². The number of aliphatic carboxylic acids is 1. The third-order valence-electron chi connectivity index (χ3n) is 7.35. The van der Waals surface area contributed by atoms with E-state index in [4.69, 9.17) is 16.7 Å². The summed E-state index contributed by atoms with van der Waals surface area (Å²) in [5.74, 6) is -1.07. The van der Waals surface area contributed by atoms with E-state index in [2.05, 4.69) is 4.57 Å². The van der Waals surface area contributed by atoms with Crippen molar-refractivity contribution >= 4 is 38.3 Å². The largest absolute Gasteiger partial charge is 0.481 e. The molecule has 5 aromatic rings. The predicted molar refractivity (Wildman–Crippen MR) is 161 cm³/mol. The summed E-state index contributed by atoms with van der Waals surface area (Å²) in [6, 6.07) is 31.7. The molecule has 4 aromatic carbocycles. The number of hydrogen-bond acceptors (Lipinski definition) is 4. The normalized spacial score (nSPS) is 11.8. The Kier molecular flexibility index (Phi) is 8.59. The molecule has 0 bridgehead atoms. The lowest BCUT2D eigenvalue weighted by atomic mass is 9.98. The van der Waals surface area contributed by atoms with Crippen LogP contribution >= 0.6 is 11.6 Å². The summed E-state index contributed by atoms with van der Waals surface area (Å²) in [5.41, 5.74) is 5.05. The van der Waals surface area contributed by atoms with Gasteiger partial charge in [-0.25, -0.2) is 8.42 Å². The Balaban J connectivity index is 1.56. The van der Waals surface area contributed by atoms with Crippen molar-refractivity contribution in [2.45, 2.75) is 36.8 Å². The van der Waals surface area contributed by atoms with Gasteiger partial charge < -0.3 is 14.8 Å². The van der Waals surface area contributed by atoms with E-state index in [1.54, 1.807) is 18.2 Å². The molecule has 0 fully saturated rings. The van der Waals surface area contributed by atoms with E-state index in [1.165, 1.54) is 12.1 Å². The number of carboxylic acid groups (broad SMARTS) is 1. The van der Waals surface area contributed by atoms with Crippen LogP contribution in [0, 0.1) is 0 Å². The molecule has 0 amide bonds. The number of fused-ring (bicyclic) bond motifs is 1. The summed E-state index contributed by atoms with van der Waals surface area (Å²) in [6.07, 6.45) is 0.495. The number of halogens is 1. The lowest BCUT2D eigenvalue weighted by Gasteiger charge is -2.24. The second kappa shape index (κ2) is 12.3. The molecule has 41 heavy (non-hydrogen) atoms. The summed E-state index contributed by atoms with van der Waals surface area (Å²) in [6.45, 7) is -0.282. The molecular weight excluding hydrogens is 558 g/mol. The van der Waals surface area contributed by atoms with E-state index in [1.807, 2.05) is 72.8 Å². The van der Waals surface area contributed by atoms with Crippen LogP contribution in [-0.4, -0.2) is 34.9 Å². The van der Waals surface area contributed by atoms with Crippen molar-refractivity contribution in [1.29, 1.82) is 0 Å². The number of rotatable bonds is 11. The minimum absolute atomic E-state index is 0.0182. The monoisotopic (exact) mass is 587 g/mol. The molecule has 6 nitrogen and oxygen atoms in total. The van der Waals surface area contributed by atoms with Crippen LogP contribution in [0.1, 0.15) is 40.4 Å². The second-order valence-electron chi connectivity index (χ2n) is 9.95. The average molecular weight is 588 g/mol. The number of carboxylic acids is 1. The zero-order valence-electron chi connectivity index (χ0n) is 22.3. The number of benzene rings is 4. The van der Waals surface area contributed by atoms with E-state index in [9.17, 15) is 18.3 Å². The van der Waals surface area contributed by atoms with Gasteiger partial charge in [0.25, 0.3) is 0 Å². The van der Waals surface area contributed by atoms with Gasteiger partial charge in [0.15, 0.2) is 9.84 Å². The molecule has 5 rings (SSSR count). The molecule has 0 saturated heterocycles. The molecule has 1 aromatic heterocycles. The maximum absolute atomic E-state index is 13.4. The Bertz CT molecular complexity index is 1730. The van der Waals surface area contributed by atoms with Crippen LogP contribution in [0.2, 0.25) is 5.02 Å². The van der Waals surface area contributed by atoms with E-state index >= 15 is 0 Å². The van der Waals surface area contributed by atoms with Crippen molar-refractivity contribution in [2.24, 2.45) is 0 Å². The highest BCUT2D eigenvalue weighted by Crippen LogP contribution is 2.37. The fourth-order valence-corrected chi connectivity index (χ4v) is 6.81. The maximum atomic E-state index is 13.4. The van der Waals surface area contributed by atoms with Crippen LogP contribution < -0.4 is 0 Å². The lowest BCUT2D eigenvalue weighted by Crippen LogP contribution is -2.16.